The highest BCUT2D eigenvalue weighted by molar-refractivity contribution is 6.51. The maximum Gasteiger partial charge on any atom is 0.300 e. The van der Waals surface area contributed by atoms with Crippen molar-refractivity contribution in [2.45, 2.75) is 32.9 Å². The van der Waals surface area contributed by atoms with Crippen LogP contribution < -0.4 is 9.64 Å². The van der Waals surface area contributed by atoms with Gasteiger partial charge in [-0.1, -0.05) is 35.3 Å². The Bertz CT molecular complexity index is 1350. The standard InChI is InChI=1S/C27H22Cl2FNO4/c1-14(2)35-22-11-6-17(12-15(22)3)25(32)23-24(16-4-7-18(28)8-5-16)31(27(34)26(23)33)19-9-10-21(30)20(29)13-19/h4-14,24,32H,1-3H3/b25-23+. The summed E-state index contributed by atoms with van der Waals surface area (Å²) < 4.78 is 19.6. The molecule has 1 N–H and O–H groups in total. The third-order valence-corrected chi connectivity index (χ3v) is 6.16. The number of hydrogen-bond acceptors (Lipinski definition) is 4. The number of rotatable bonds is 5. The highest BCUT2D eigenvalue weighted by Gasteiger charge is 2.47. The lowest BCUT2D eigenvalue weighted by Crippen LogP contribution is -2.29. The van der Waals surface area contributed by atoms with Crippen LogP contribution in [0.25, 0.3) is 5.76 Å². The second kappa shape index (κ2) is 9.72. The van der Waals surface area contributed by atoms with E-state index in [1.165, 1.54) is 17.0 Å². The summed E-state index contributed by atoms with van der Waals surface area (Å²) in [5.41, 5.74) is 1.76. The predicted molar refractivity (Wildman–Crippen MR) is 135 cm³/mol. The molecule has 1 heterocycles. The molecule has 180 valence electrons. The first-order chi connectivity index (χ1) is 16.6. The fourth-order valence-corrected chi connectivity index (χ4v) is 4.33. The smallest absolute Gasteiger partial charge is 0.300 e. The molecular formula is C27H22Cl2FNO4. The summed E-state index contributed by atoms with van der Waals surface area (Å²) in [4.78, 5) is 27.6. The summed E-state index contributed by atoms with van der Waals surface area (Å²) >= 11 is 12.0. The van der Waals surface area contributed by atoms with Crippen LogP contribution >= 0.6 is 23.2 Å². The van der Waals surface area contributed by atoms with E-state index in [0.29, 0.717) is 21.9 Å². The zero-order valence-corrected chi connectivity index (χ0v) is 20.7. The second-order valence-electron chi connectivity index (χ2n) is 8.47. The van der Waals surface area contributed by atoms with Crippen molar-refractivity contribution in [3.63, 3.8) is 0 Å². The Morgan fingerprint density at radius 3 is 2.31 bits per heavy atom. The number of anilines is 1. The van der Waals surface area contributed by atoms with Gasteiger partial charge in [-0.3, -0.25) is 14.5 Å². The molecular weight excluding hydrogens is 492 g/mol. The second-order valence-corrected chi connectivity index (χ2v) is 9.31. The van der Waals surface area contributed by atoms with Crippen molar-refractivity contribution in [1.82, 2.24) is 0 Å². The zero-order chi connectivity index (χ0) is 25.4. The molecule has 0 spiro atoms. The van der Waals surface area contributed by atoms with Gasteiger partial charge in [0.1, 0.15) is 17.3 Å². The first kappa shape index (κ1) is 24.8. The largest absolute Gasteiger partial charge is 0.507 e. The molecule has 1 aliphatic heterocycles. The van der Waals surface area contributed by atoms with Crippen LogP contribution in [0.15, 0.2) is 66.2 Å². The molecule has 0 aromatic heterocycles. The third kappa shape index (κ3) is 4.77. The van der Waals surface area contributed by atoms with Gasteiger partial charge in [0.15, 0.2) is 0 Å². The Morgan fingerprint density at radius 2 is 1.71 bits per heavy atom. The SMILES string of the molecule is Cc1cc(/C(O)=C2\C(=O)C(=O)N(c3ccc(F)c(Cl)c3)C2c2ccc(Cl)cc2)ccc1OC(C)C. The molecule has 1 atom stereocenters. The van der Waals surface area contributed by atoms with Crippen LogP contribution in [0.1, 0.15) is 36.6 Å². The molecule has 1 fully saturated rings. The fraction of sp³-hybridized carbons (Fsp3) is 0.185. The van der Waals surface area contributed by atoms with Gasteiger partial charge in [0.2, 0.25) is 0 Å². The lowest BCUT2D eigenvalue weighted by atomic mass is 9.94. The van der Waals surface area contributed by atoms with E-state index in [1.807, 2.05) is 20.8 Å². The molecule has 35 heavy (non-hydrogen) atoms. The van der Waals surface area contributed by atoms with Crippen LogP contribution in [0.2, 0.25) is 10.0 Å². The minimum atomic E-state index is -0.985. The number of aliphatic hydroxyl groups is 1. The summed E-state index contributed by atoms with van der Waals surface area (Å²) in [6, 6.07) is 14.3. The molecule has 0 radical (unpaired) electrons. The van der Waals surface area contributed by atoms with Gasteiger partial charge in [0, 0.05) is 16.3 Å². The van der Waals surface area contributed by atoms with Gasteiger partial charge in [-0.25, -0.2) is 4.39 Å². The van der Waals surface area contributed by atoms with Gasteiger partial charge in [-0.15, -0.1) is 0 Å². The van der Waals surface area contributed by atoms with E-state index >= 15 is 0 Å². The van der Waals surface area contributed by atoms with Gasteiger partial charge in [-0.2, -0.15) is 0 Å². The van der Waals surface area contributed by atoms with Crippen molar-refractivity contribution in [3.8, 4) is 5.75 Å². The van der Waals surface area contributed by atoms with Crippen LogP contribution in [-0.4, -0.2) is 22.9 Å². The van der Waals surface area contributed by atoms with E-state index in [0.717, 1.165) is 11.6 Å². The molecule has 4 rings (SSSR count). The number of ether oxygens (including phenoxy) is 1. The first-order valence-corrected chi connectivity index (χ1v) is 11.6. The number of halogens is 3. The van der Waals surface area contributed by atoms with Gasteiger partial charge in [0.25, 0.3) is 11.7 Å². The third-order valence-electron chi connectivity index (χ3n) is 5.62. The zero-order valence-electron chi connectivity index (χ0n) is 19.2. The number of hydrogen-bond donors (Lipinski definition) is 1. The molecule has 0 saturated carbocycles. The Morgan fingerprint density at radius 1 is 1.03 bits per heavy atom. The molecule has 5 nitrogen and oxygen atoms in total. The average molecular weight is 514 g/mol. The van der Waals surface area contributed by atoms with Gasteiger partial charge in [-0.05, 0) is 80.4 Å². The minimum Gasteiger partial charge on any atom is -0.507 e. The fourth-order valence-electron chi connectivity index (χ4n) is 4.03. The van der Waals surface area contributed by atoms with E-state index in [-0.39, 0.29) is 28.1 Å². The summed E-state index contributed by atoms with van der Waals surface area (Å²) in [6.07, 6.45) is -0.0362. The summed E-state index contributed by atoms with van der Waals surface area (Å²) in [5.74, 6) is -2.09. The topological polar surface area (TPSA) is 66.8 Å². The maximum atomic E-state index is 13.8. The number of aliphatic hydroxyl groups excluding tert-OH is 1. The molecule has 8 heteroatoms. The van der Waals surface area contributed by atoms with Crippen molar-refractivity contribution in [2.75, 3.05) is 4.90 Å². The summed E-state index contributed by atoms with van der Waals surface area (Å²) in [5, 5.41) is 11.5. The van der Waals surface area contributed by atoms with E-state index < -0.39 is 23.5 Å². The number of aryl methyl sites for hydroxylation is 1. The van der Waals surface area contributed by atoms with Crippen molar-refractivity contribution >= 4 is 46.3 Å². The van der Waals surface area contributed by atoms with E-state index in [4.69, 9.17) is 27.9 Å². The number of Topliss-reactive ketones (excluding diaryl/α,β-unsaturated/α-hetero) is 1. The number of carbonyl (C=O) groups is 2. The molecule has 0 bridgehead atoms. The first-order valence-electron chi connectivity index (χ1n) is 10.9. The quantitative estimate of drug-likeness (QED) is 0.230. The summed E-state index contributed by atoms with van der Waals surface area (Å²) in [7, 11) is 0. The molecule has 3 aromatic carbocycles. The van der Waals surface area contributed by atoms with Gasteiger partial charge in [0.05, 0.1) is 22.7 Å². The van der Waals surface area contributed by atoms with Gasteiger partial charge < -0.3 is 9.84 Å². The molecule has 1 saturated heterocycles. The van der Waals surface area contributed by atoms with E-state index in [2.05, 4.69) is 0 Å². The maximum absolute atomic E-state index is 13.8. The molecule has 0 aliphatic carbocycles. The number of carbonyl (C=O) groups excluding carboxylic acids is 2. The van der Waals surface area contributed by atoms with E-state index in [1.54, 1.807) is 42.5 Å². The van der Waals surface area contributed by atoms with Crippen LogP contribution in [0.4, 0.5) is 10.1 Å². The normalized spacial score (nSPS) is 17.3. The lowest BCUT2D eigenvalue weighted by Gasteiger charge is -2.25. The van der Waals surface area contributed by atoms with Crippen LogP contribution in [-0.2, 0) is 9.59 Å². The monoisotopic (exact) mass is 513 g/mol. The Balaban J connectivity index is 1.90. The van der Waals surface area contributed by atoms with E-state index in [9.17, 15) is 19.1 Å². The predicted octanol–water partition coefficient (Wildman–Crippen LogP) is 6.85. The van der Waals surface area contributed by atoms with Crippen molar-refractivity contribution in [3.05, 3.63) is 98.8 Å². The van der Waals surface area contributed by atoms with Crippen molar-refractivity contribution in [2.24, 2.45) is 0 Å². The molecule has 1 unspecified atom stereocenters. The average Bonchev–Trinajstić information content (AvgIpc) is 3.07. The van der Waals surface area contributed by atoms with Crippen LogP contribution in [0, 0.1) is 12.7 Å². The van der Waals surface area contributed by atoms with Crippen molar-refractivity contribution < 1.29 is 23.8 Å². The Hall–Kier alpha value is -3.35. The van der Waals surface area contributed by atoms with Crippen LogP contribution in [0.5, 0.6) is 5.75 Å². The highest BCUT2D eigenvalue weighted by Crippen LogP contribution is 2.43. The molecule has 1 aliphatic rings. The van der Waals surface area contributed by atoms with Crippen LogP contribution in [0.3, 0.4) is 0 Å². The highest BCUT2D eigenvalue weighted by atomic mass is 35.5. The number of ketones is 1. The molecule has 1 amide bonds. The Kier molecular flexibility index (Phi) is 6.88. The Labute approximate surface area is 212 Å². The van der Waals surface area contributed by atoms with Crippen molar-refractivity contribution in [1.29, 1.82) is 0 Å². The van der Waals surface area contributed by atoms with Gasteiger partial charge >= 0.3 is 0 Å². The number of amides is 1. The number of benzene rings is 3. The molecule has 3 aromatic rings. The lowest BCUT2D eigenvalue weighted by molar-refractivity contribution is -0.132. The summed E-state index contributed by atoms with van der Waals surface area (Å²) in [6.45, 7) is 5.63. The number of nitrogens with zero attached hydrogens (tertiary/aromatic N) is 1. The minimum absolute atomic E-state index is 0.0362.